The summed E-state index contributed by atoms with van der Waals surface area (Å²) in [5.74, 6) is -1.32. The highest BCUT2D eigenvalue weighted by atomic mass is 16.5. The lowest BCUT2D eigenvalue weighted by Crippen LogP contribution is -2.31. The molecule has 0 aliphatic carbocycles. The second-order valence-electron chi connectivity index (χ2n) is 2.53. The number of aliphatic imine (C=N–C) groups is 1. The van der Waals surface area contributed by atoms with E-state index in [1.807, 2.05) is 0 Å². The van der Waals surface area contributed by atoms with Gasteiger partial charge in [0.05, 0.1) is 20.8 Å². The second kappa shape index (κ2) is 6.80. The largest absolute Gasteiger partial charge is 0.481 e. The third kappa shape index (κ3) is 4.44. The molecule has 6 nitrogen and oxygen atoms in total. The fourth-order valence-electron chi connectivity index (χ4n) is 0.853. The standard InChI is InChI=1S/C9H15NO5/c1-5-15-6(2)10-7(8(11)13-3)9(12)14-4/h7H,5H2,1-4H3. The van der Waals surface area contributed by atoms with Crippen molar-refractivity contribution in [3.05, 3.63) is 0 Å². The minimum Gasteiger partial charge on any atom is -0.481 e. The zero-order valence-corrected chi connectivity index (χ0v) is 9.27. The van der Waals surface area contributed by atoms with Gasteiger partial charge in [-0.1, -0.05) is 0 Å². The third-order valence-electron chi connectivity index (χ3n) is 1.51. The quantitative estimate of drug-likeness (QED) is 0.290. The molecule has 86 valence electrons. The summed E-state index contributed by atoms with van der Waals surface area (Å²) in [5.41, 5.74) is 0. The fraction of sp³-hybridized carbons (Fsp3) is 0.667. The SMILES string of the molecule is CCOC(C)=NC(C(=O)OC)C(=O)OC. The van der Waals surface area contributed by atoms with Crippen molar-refractivity contribution in [3.63, 3.8) is 0 Å². The molecule has 0 saturated carbocycles. The van der Waals surface area contributed by atoms with Gasteiger partial charge < -0.3 is 14.2 Å². The molecule has 0 bridgehead atoms. The van der Waals surface area contributed by atoms with E-state index in [0.29, 0.717) is 6.61 Å². The lowest BCUT2D eigenvalue weighted by molar-refractivity contribution is -0.153. The number of methoxy groups -OCH3 is 2. The van der Waals surface area contributed by atoms with E-state index in [1.54, 1.807) is 13.8 Å². The van der Waals surface area contributed by atoms with Crippen LogP contribution in [-0.4, -0.2) is 44.7 Å². The highest BCUT2D eigenvalue weighted by Crippen LogP contribution is 1.99. The number of esters is 2. The first-order valence-electron chi connectivity index (χ1n) is 4.39. The molecule has 0 aromatic carbocycles. The average Bonchev–Trinajstić information content (AvgIpc) is 2.24. The zero-order valence-electron chi connectivity index (χ0n) is 9.27. The summed E-state index contributed by atoms with van der Waals surface area (Å²) in [6.45, 7) is 3.72. The molecular formula is C9H15NO5. The first-order chi connectivity index (χ1) is 7.06. The van der Waals surface area contributed by atoms with Crippen LogP contribution in [0.4, 0.5) is 0 Å². The molecule has 0 rings (SSSR count). The topological polar surface area (TPSA) is 74.2 Å². The molecule has 0 aliphatic rings. The van der Waals surface area contributed by atoms with Crippen LogP contribution in [0, 0.1) is 0 Å². The lowest BCUT2D eigenvalue weighted by atomic mass is 10.3. The predicted molar refractivity (Wildman–Crippen MR) is 52.6 cm³/mol. The highest BCUT2D eigenvalue weighted by molar-refractivity contribution is 6.01. The van der Waals surface area contributed by atoms with Crippen molar-refractivity contribution in [1.82, 2.24) is 0 Å². The Hall–Kier alpha value is -1.59. The Morgan fingerprint density at radius 3 is 2.00 bits per heavy atom. The van der Waals surface area contributed by atoms with Gasteiger partial charge in [0.25, 0.3) is 0 Å². The van der Waals surface area contributed by atoms with Crippen molar-refractivity contribution in [2.75, 3.05) is 20.8 Å². The smallest absolute Gasteiger partial charge is 0.342 e. The molecule has 0 aromatic rings. The van der Waals surface area contributed by atoms with E-state index in [1.165, 1.54) is 14.2 Å². The van der Waals surface area contributed by atoms with Gasteiger partial charge in [0.2, 0.25) is 6.04 Å². The number of carbonyl (C=O) groups is 2. The van der Waals surface area contributed by atoms with Gasteiger partial charge in [-0.3, -0.25) is 0 Å². The zero-order chi connectivity index (χ0) is 11.8. The minimum absolute atomic E-state index is 0.235. The summed E-state index contributed by atoms with van der Waals surface area (Å²) >= 11 is 0. The van der Waals surface area contributed by atoms with Crippen LogP contribution in [0.15, 0.2) is 4.99 Å². The molecule has 0 saturated heterocycles. The van der Waals surface area contributed by atoms with Crippen molar-refractivity contribution in [1.29, 1.82) is 0 Å². The molecular weight excluding hydrogens is 202 g/mol. The molecule has 0 fully saturated rings. The first kappa shape index (κ1) is 13.4. The summed E-state index contributed by atoms with van der Waals surface area (Å²) in [6.07, 6.45) is 0. The number of hydrogen-bond acceptors (Lipinski definition) is 6. The van der Waals surface area contributed by atoms with Crippen molar-refractivity contribution < 1.29 is 23.8 Å². The van der Waals surface area contributed by atoms with Gasteiger partial charge in [0.15, 0.2) is 5.90 Å². The fourth-order valence-corrected chi connectivity index (χ4v) is 0.853. The molecule has 0 heterocycles. The Labute approximate surface area is 88.2 Å². The van der Waals surface area contributed by atoms with E-state index < -0.39 is 18.0 Å². The predicted octanol–water partition coefficient (Wildman–Crippen LogP) is 0.156. The molecule has 0 aromatic heterocycles. The first-order valence-corrected chi connectivity index (χ1v) is 4.39. The van der Waals surface area contributed by atoms with E-state index in [0.717, 1.165) is 0 Å². The molecule has 0 atom stereocenters. The maximum Gasteiger partial charge on any atom is 0.342 e. The minimum atomic E-state index is -1.31. The van der Waals surface area contributed by atoms with Crippen LogP contribution in [-0.2, 0) is 23.8 Å². The summed E-state index contributed by atoms with van der Waals surface area (Å²) in [4.78, 5) is 26.1. The molecule has 0 N–H and O–H groups in total. The maximum atomic E-state index is 11.2. The van der Waals surface area contributed by atoms with Crippen LogP contribution in [0.1, 0.15) is 13.8 Å². The Kier molecular flexibility index (Phi) is 6.08. The Balaban J connectivity index is 4.71. The maximum absolute atomic E-state index is 11.2. The van der Waals surface area contributed by atoms with Gasteiger partial charge in [0, 0.05) is 6.92 Å². The highest BCUT2D eigenvalue weighted by Gasteiger charge is 2.28. The molecule has 6 heteroatoms. The van der Waals surface area contributed by atoms with E-state index in [-0.39, 0.29) is 5.90 Å². The summed E-state index contributed by atoms with van der Waals surface area (Å²) in [7, 11) is 2.34. The van der Waals surface area contributed by atoms with Crippen LogP contribution in [0.3, 0.4) is 0 Å². The van der Waals surface area contributed by atoms with Gasteiger partial charge in [-0.05, 0) is 6.92 Å². The van der Waals surface area contributed by atoms with Crippen LogP contribution < -0.4 is 0 Å². The van der Waals surface area contributed by atoms with Crippen LogP contribution >= 0.6 is 0 Å². The van der Waals surface area contributed by atoms with Gasteiger partial charge in [-0.25, -0.2) is 14.6 Å². The molecule has 0 unspecified atom stereocenters. The number of nitrogens with zero attached hydrogens (tertiary/aromatic N) is 1. The number of carbonyl (C=O) groups excluding carboxylic acids is 2. The summed E-state index contributed by atoms with van der Waals surface area (Å²) in [5, 5.41) is 0. The number of rotatable bonds is 4. The van der Waals surface area contributed by atoms with Gasteiger partial charge in [0.1, 0.15) is 0 Å². The number of hydrogen-bond donors (Lipinski definition) is 0. The van der Waals surface area contributed by atoms with Crippen molar-refractivity contribution in [2.24, 2.45) is 4.99 Å². The molecule has 0 aliphatic heterocycles. The van der Waals surface area contributed by atoms with Crippen LogP contribution in [0.25, 0.3) is 0 Å². The van der Waals surface area contributed by atoms with Crippen molar-refractivity contribution >= 4 is 17.8 Å². The Morgan fingerprint density at radius 1 is 1.20 bits per heavy atom. The van der Waals surface area contributed by atoms with Crippen LogP contribution in [0.2, 0.25) is 0 Å². The summed E-state index contributed by atoms with van der Waals surface area (Å²) in [6, 6.07) is -1.31. The van der Waals surface area contributed by atoms with Gasteiger partial charge >= 0.3 is 11.9 Å². The molecule has 0 amide bonds. The normalized spacial score (nSPS) is 11.1. The Bertz CT molecular complexity index is 245. The average molecular weight is 217 g/mol. The number of ether oxygens (including phenoxy) is 3. The van der Waals surface area contributed by atoms with Crippen molar-refractivity contribution in [2.45, 2.75) is 19.9 Å². The van der Waals surface area contributed by atoms with E-state index in [4.69, 9.17) is 4.74 Å². The lowest BCUT2D eigenvalue weighted by Gasteiger charge is -2.09. The van der Waals surface area contributed by atoms with Crippen molar-refractivity contribution in [3.8, 4) is 0 Å². The second-order valence-corrected chi connectivity index (χ2v) is 2.53. The van der Waals surface area contributed by atoms with Gasteiger partial charge in [-0.15, -0.1) is 0 Å². The Morgan fingerprint density at radius 2 is 1.67 bits per heavy atom. The van der Waals surface area contributed by atoms with E-state index in [9.17, 15) is 9.59 Å². The van der Waals surface area contributed by atoms with Crippen LogP contribution in [0.5, 0.6) is 0 Å². The molecule has 15 heavy (non-hydrogen) atoms. The van der Waals surface area contributed by atoms with E-state index >= 15 is 0 Å². The third-order valence-corrected chi connectivity index (χ3v) is 1.51. The molecule has 0 spiro atoms. The molecule has 0 radical (unpaired) electrons. The monoisotopic (exact) mass is 217 g/mol. The summed E-state index contributed by atoms with van der Waals surface area (Å²) < 4.78 is 13.8. The van der Waals surface area contributed by atoms with E-state index in [2.05, 4.69) is 14.5 Å². The van der Waals surface area contributed by atoms with Gasteiger partial charge in [-0.2, -0.15) is 0 Å².